The number of carbonyl (C=O) groups is 1. The predicted molar refractivity (Wildman–Crippen MR) is 102 cm³/mol. The number of aromatic nitrogens is 4. The van der Waals surface area contributed by atoms with Crippen LogP contribution in [0.2, 0.25) is 0 Å². The first-order valence-corrected chi connectivity index (χ1v) is 8.64. The average Bonchev–Trinajstić information content (AvgIpc) is 3.23. The molecule has 3 rings (SSSR count). The minimum absolute atomic E-state index is 0.0755. The molecule has 0 atom stereocenters. The Labute approximate surface area is 160 Å². The van der Waals surface area contributed by atoms with Gasteiger partial charge in [0.1, 0.15) is 18.1 Å². The normalized spacial score (nSPS) is 10.7. The molecule has 0 saturated carbocycles. The third kappa shape index (κ3) is 4.17. The van der Waals surface area contributed by atoms with Crippen LogP contribution in [-0.2, 0) is 6.67 Å². The van der Waals surface area contributed by atoms with Gasteiger partial charge in [-0.3, -0.25) is 19.6 Å². The number of benzene rings is 1. The van der Waals surface area contributed by atoms with Crippen LogP contribution in [0.15, 0.2) is 36.5 Å². The van der Waals surface area contributed by atoms with Crippen LogP contribution in [0.1, 0.15) is 28.8 Å². The second-order valence-corrected chi connectivity index (χ2v) is 6.13. The molecule has 2 aromatic heterocycles. The van der Waals surface area contributed by atoms with Crippen LogP contribution in [0, 0.1) is 24.0 Å². The fraction of sp³-hybridized carbons (Fsp3) is 0.278. The Bertz CT molecular complexity index is 1020. The zero-order chi connectivity index (χ0) is 20.3. The minimum atomic E-state index is -0.570. The number of nitrogens with zero attached hydrogens (tertiary/aromatic N) is 5. The van der Waals surface area contributed by atoms with E-state index in [-0.39, 0.29) is 17.1 Å². The van der Waals surface area contributed by atoms with Gasteiger partial charge < -0.3 is 10.1 Å². The standard InChI is InChI=1S/C18H20N6O4/c1-4-28-14-5-6-15(17(10-14)24(26)27)19-18(25)16-7-8-22(21-16)11-23-13(3)9-12(2)20-23/h5-10H,4,11H2,1-3H3,(H,19,25). The number of hydrogen-bond acceptors (Lipinski definition) is 6. The van der Waals surface area contributed by atoms with Crippen molar-refractivity contribution in [3.8, 4) is 5.75 Å². The molecule has 28 heavy (non-hydrogen) atoms. The number of carbonyl (C=O) groups excluding carboxylic acids is 1. The summed E-state index contributed by atoms with van der Waals surface area (Å²) in [4.78, 5) is 23.2. The van der Waals surface area contributed by atoms with Gasteiger partial charge in [-0.25, -0.2) is 4.68 Å². The average molecular weight is 384 g/mol. The smallest absolute Gasteiger partial charge is 0.296 e. The molecule has 0 bridgehead atoms. The molecule has 0 fully saturated rings. The van der Waals surface area contributed by atoms with Gasteiger partial charge in [-0.15, -0.1) is 0 Å². The van der Waals surface area contributed by atoms with Gasteiger partial charge in [0.2, 0.25) is 0 Å². The molecule has 1 aromatic carbocycles. The van der Waals surface area contributed by atoms with Gasteiger partial charge in [-0.1, -0.05) is 0 Å². The lowest BCUT2D eigenvalue weighted by atomic mass is 10.2. The monoisotopic (exact) mass is 384 g/mol. The highest BCUT2D eigenvalue weighted by Crippen LogP contribution is 2.29. The molecule has 0 radical (unpaired) electrons. The van der Waals surface area contributed by atoms with E-state index in [9.17, 15) is 14.9 Å². The number of hydrogen-bond donors (Lipinski definition) is 1. The fourth-order valence-electron chi connectivity index (χ4n) is 2.73. The second-order valence-electron chi connectivity index (χ2n) is 6.13. The molecular formula is C18H20N6O4. The molecule has 1 N–H and O–H groups in total. The summed E-state index contributed by atoms with van der Waals surface area (Å²) >= 11 is 0. The highest BCUT2D eigenvalue weighted by atomic mass is 16.6. The van der Waals surface area contributed by atoms with Gasteiger partial charge in [0.25, 0.3) is 11.6 Å². The summed E-state index contributed by atoms with van der Waals surface area (Å²) in [6.45, 7) is 6.35. The van der Waals surface area contributed by atoms with Crippen molar-refractivity contribution in [2.24, 2.45) is 0 Å². The van der Waals surface area contributed by atoms with Gasteiger partial charge in [0, 0.05) is 11.9 Å². The third-order valence-electron chi connectivity index (χ3n) is 3.98. The number of amides is 1. The number of ether oxygens (including phenoxy) is 1. The van der Waals surface area contributed by atoms with Gasteiger partial charge in [0.15, 0.2) is 5.69 Å². The highest BCUT2D eigenvalue weighted by molar-refractivity contribution is 6.04. The summed E-state index contributed by atoms with van der Waals surface area (Å²) in [7, 11) is 0. The molecule has 0 aliphatic carbocycles. The van der Waals surface area contributed by atoms with Crippen molar-refractivity contribution in [3.05, 3.63) is 63.7 Å². The second kappa shape index (κ2) is 7.91. The summed E-state index contributed by atoms with van der Waals surface area (Å²) in [5.41, 5.74) is 1.84. The fourth-order valence-corrected chi connectivity index (χ4v) is 2.73. The summed E-state index contributed by atoms with van der Waals surface area (Å²) < 4.78 is 8.61. The molecule has 10 nitrogen and oxygen atoms in total. The van der Waals surface area contributed by atoms with Gasteiger partial charge in [-0.2, -0.15) is 10.2 Å². The van der Waals surface area contributed by atoms with Gasteiger partial charge in [-0.05, 0) is 45.0 Å². The van der Waals surface area contributed by atoms with E-state index in [4.69, 9.17) is 4.74 Å². The largest absolute Gasteiger partial charge is 0.494 e. The van der Waals surface area contributed by atoms with Crippen LogP contribution in [0.5, 0.6) is 5.75 Å². The number of aryl methyl sites for hydroxylation is 2. The summed E-state index contributed by atoms with van der Waals surface area (Å²) in [6.07, 6.45) is 1.65. The van der Waals surface area contributed by atoms with Crippen LogP contribution in [0.3, 0.4) is 0 Å². The Morgan fingerprint density at radius 3 is 2.68 bits per heavy atom. The van der Waals surface area contributed by atoms with Crippen molar-refractivity contribution in [1.29, 1.82) is 0 Å². The molecule has 2 heterocycles. The van der Waals surface area contributed by atoms with Crippen LogP contribution in [-0.4, -0.2) is 37.0 Å². The van der Waals surface area contributed by atoms with E-state index in [1.807, 2.05) is 19.9 Å². The van der Waals surface area contributed by atoms with E-state index >= 15 is 0 Å². The zero-order valence-electron chi connectivity index (χ0n) is 15.7. The Morgan fingerprint density at radius 1 is 1.25 bits per heavy atom. The lowest BCUT2D eigenvalue weighted by Gasteiger charge is -2.07. The van der Waals surface area contributed by atoms with Crippen molar-refractivity contribution in [2.45, 2.75) is 27.4 Å². The SMILES string of the molecule is CCOc1ccc(NC(=O)c2ccn(Cn3nc(C)cc3C)n2)c([N+](=O)[O-])c1. The molecule has 0 aliphatic rings. The zero-order valence-corrected chi connectivity index (χ0v) is 15.7. The predicted octanol–water partition coefficient (Wildman–Crippen LogP) is 2.76. The molecule has 0 saturated heterocycles. The van der Waals surface area contributed by atoms with Crippen LogP contribution in [0.25, 0.3) is 0 Å². The van der Waals surface area contributed by atoms with E-state index in [0.717, 1.165) is 11.4 Å². The van der Waals surface area contributed by atoms with E-state index in [1.165, 1.54) is 12.1 Å². The van der Waals surface area contributed by atoms with E-state index < -0.39 is 10.8 Å². The van der Waals surface area contributed by atoms with Crippen molar-refractivity contribution < 1.29 is 14.5 Å². The molecule has 146 valence electrons. The van der Waals surface area contributed by atoms with Gasteiger partial charge in [0.05, 0.1) is 23.3 Å². The Kier molecular flexibility index (Phi) is 5.39. The van der Waals surface area contributed by atoms with E-state index in [0.29, 0.717) is 19.0 Å². The summed E-state index contributed by atoms with van der Waals surface area (Å²) in [6, 6.07) is 7.77. The number of rotatable bonds is 7. The molecule has 10 heteroatoms. The molecular weight excluding hydrogens is 364 g/mol. The van der Waals surface area contributed by atoms with Crippen molar-refractivity contribution in [1.82, 2.24) is 19.6 Å². The lowest BCUT2D eigenvalue weighted by Crippen LogP contribution is -2.16. The highest BCUT2D eigenvalue weighted by Gasteiger charge is 2.19. The first kappa shape index (κ1) is 19.1. The van der Waals surface area contributed by atoms with Crippen LogP contribution >= 0.6 is 0 Å². The van der Waals surface area contributed by atoms with Crippen molar-refractivity contribution in [2.75, 3.05) is 11.9 Å². The first-order valence-electron chi connectivity index (χ1n) is 8.64. The molecule has 0 aliphatic heterocycles. The number of anilines is 1. The van der Waals surface area contributed by atoms with Gasteiger partial charge >= 0.3 is 0 Å². The number of nitrogens with one attached hydrogen (secondary N) is 1. The maximum Gasteiger partial charge on any atom is 0.296 e. The van der Waals surface area contributed by atoms with Crippen LogP contribution < -0.4 is 10.1 Å². The quantitative estimate of drug-likeness (QED) is 0.494. The Balaban J connectivity index is 1.76. The topological polar surface area (TPSA) is 117 Å². The first-order chi connectivity index (χ1) is 13.4. The molecule has 0 unspecified atom stereocenters. The van der Waals surface area contributed by atoms with Crippen molar-refractivity contribution >= 4 is 17.3 Å². The minimum Gasteiger partial charge on any atom is -0.494 e. The third-order valence-corrected chi connectivity index (χ3v) is 3.98. The molecule has 3 aromatic rings. The molecule has 1 amide bonds. The number of nitro groups is 1. The Morgan fingerprint density at radius 2 is 2.04 bits per heavy atom. The van der Waals surface area contributed by atoms with Crippen LogP contribution in [0.4, 0.5) is 11.4 Å². The molecule has 0 spiro atoms. The summed E-state index contributed by atoms with van der Waals surface area (Å²) in [5, 5.41) is 22.4. The van der Waals surface area contributed by atoms with E-state index in [1.54, 1.807) is 34.6 Å². The lowest BCUT2D eigenvalue weighted by molar-refractivity contribution is -0.384. The van der Waals surface area contributed by atoms with E-state index in [2.05, 4.69) is 15.5 Å². The Hall–Kier alpha value is -3.69. The maximum atomic E-state index is 12.5. The summed E-state index contributed by atoms with van der Waals surface area (Å²) in [5.74, 6) is -0.180. The van der Waals surface area contributed by atoms with Crippen molar-refractivity contribution in [3.63, 3.8) is 0 Å². The number of nitro benzene ring substituents is 1. The maximum absolute atomic E-state index is 12.5.